The highest BCUT2D eigenvalue weighted by molar-refractivity contribution is 8.23. The van der Waals surface area contributed by atoms with Gasteiger partial charge in [-0.05, 0) is 36.1 Å². The summed E-state index contributed by atoms with van der Waals surface area (Å²) in [7, 11) is -3.54. The van der Waals surface area contributed by atoms with E-state index in [1.165, 1.54) is 16.0 Å². The number of benzene rings is 2. The topological polar surface area (TPSA) is 119 Å². The van der Waals surface area contributed by atoms with E-state index in [0.29, 0.717) is 22.4 Å². The van der Waals surface area contributed by atoms with Gasteiger partial charge >= 0.3 is 0 Å². The largest absolute Gasteiger partial charge is 0.505 e. The van der Waals surface area contributed by atoms with Gasteiger partial charge in [0.05, 0.1) is 22.4 Å². The number of thiophene rings is 1. The third-order valence-corrected chi connectivity index (χ3v) is 7.46. The van der Waals surface area contributed by atoms with Crippen LogP contribution < -0.4 is 16.3 Å². The molecule has 164 valence electrons. The molecule has 1 aliphatic heterocycles. The van der Waals surface area contributed by atoms with Crippen LogP contribution in [0.5, 0.6) is 5.75 Å². The SMILES string of the molecule is Cc1cccc(CNn2c(=O)c(C3=NS(O)(O)c4ccccc4N3)c(O)c3sccc32)c1. The number of amidine groups is 1. The number of rotatable bonds is 4. The van der Waals surface area contributed by atoms with Gasteiger partial charge in [0.15, 0.2) is 11.6 Å². The van der Waals surface area contributed by atoms with Crippen molar-refractivity contribution < 1.29 is 14.2 Å². The van der Waals surface area contributed by atoms with Gasteiger partial charge in [0.1, 0.15) is 10.5 Å². The highest BCUT2D eigenvalue weighted by atomic mass is 32.3. The van der Waals surface area contributed by atoms with Crippen molar-refractivity contribution in [3.05, 3.63) is 87.0 Å². The lowest BCUT2D eigenvalue weighted by atomic mass is 10.1. The first kappa shape index (κ1) is 20.6. The molecule has 0 saturated heterocycles. The second-order valence-corrected chi connectivity index (χ2v) is 9.98. The van der Waals surface area contributed by atoms with Crippen LogP contribution in [0.4, 0.5) is 5.69 Å². The molecule has 0 atom stereocenters. The quantitative estimate of drug-likeness (QED) is 0.296. The molecule has 0 spiro atoms. The minimum atomic E-state index is -3.54. The molecule has 0 saturated carbocycles. The maximum atomic E-state index is 13.5. The highest BCUT2D eigenvalue weighted by Gasteiger charge is 2.30. The van der Waals surface area contributed by atoms with Crippen molar-refractivity contribution in [2.75, 3.05) is 10.7 Å². The zero-order valence-electron chi connectivity index (χ0n) is 16.9. The normalized spacial score (nSPS) is 15.5. The Hall–Kier alpha value is -3.31. The molecule has 0 amide bonds. The Morgan fingerprint density at radius 1 is 1.16 bits per heavy atom. The molecular weight excluding hydrogens is 448 g/mol. The molecule has 10 heteroatoms. The van der Waals surface area contributed by atoms with Gasteiger partial charge in [-0.3, -0.25) is 13.9 Å². The fraction of sp³-hybridized carbons (Fsp3) is 0.0909. The number of nitrogens with zero attached hydrogens (tertiary/aromatic N) is 2. The van der Waals surface area contributed by atoms with Crippen LogP contribution in [0.15, 0.2) is 74.1 Å². The molecule has 0 aliphatic carbocycles. The van der Waals surface area contributed by atoms with E-state index >= 15 is 0 Å². The maximum Gasteiger partial charge on any atom is 0.284 e. The molecule has 2 aromatic carbocycles. The van der Waals surface area contributed by atoms with Crippen molar-refractivity contribution in [2.45, 2.75) is 18.4 Å². The van der Waals surface area contributed by atoms with Gasteiger partial charge in [0.25, 0.3) is 5.56 Å². The first-order chi connectivity index (χ1) is 15.3. The van der Waals surface area contributed by atoms with E-state index in [2.05, 4.69) is 15.1 Å². The van der Waals surface area contributed by atoms with E-state index in [-0.39, 0.29) is 22.0 Å². The van der Waals surface area contributed by atoms with E-state index in [4.69, 9.17) is 0 Å². The molecular formula is C22H20N4O4S2. The summed E-state index contributed by atoms with van der Waals surface area (Å²) in [4.78, 5) is 13.7. The summed E-state index contributed by atoms with van der Waals surface area (Å²) >= 11 is 1.27. The minimum absolute atomic E-state index is 0.0902. The summed E-state index contributed by atoms with van der Waals surface area (Å²) in [5.74, 6) is -0.345. The van der Waals surface area contributed by atoms with Gasteiger partial charge < -0.3 is 15.8 Å². The molecule has 1 aliphatic rings. The molecule has 8 nitrogen and oxygen atoms in total. The van der Waals surface area contributed by atoms with Gasteiger partial charge in [-0.15, -0.1) is 15.7 Å². The Balaban J connectivity index is 1.63. The molecule has 32 heavy (non-hydrogen) atoms. The van der Waals surface area contributed by atoms with Gasteiger partial charge in [-0.1, -0.05) is 52.7 Å². The number of nitrogens with one attached hydrogen (secondary N) is 2. The predicted octanol–water partition coefficient (Wildman–Crippen LogP) is 4.72. The smallest absolute Gasteiger partial charge is 0.284 e. The van der Waals surface area contributed by atoms with E-state index < -0.39 is 16.3 Å². The molecule has 5 N–H and O–H groups in total. The summed E-state index contributed by atoms with van der Waals surface area (Å²) in [6.07, 6.45) is 0. The Bertz CT molecular complexity index is 1440. The molecule has 0 fully saturated rings. The number of aryl methyl sites for hydroxylation is 1. The molecule has 4 aromatic rings. The fourth-order valence-corrected chi connectivity index (χ4v) is 5.69. The molecule has 2 aromatic heterocycles. The molecule has 5 rings (SSSR count). The van der Waals surface area contributed by atoms with Crippen LogP contribution in [0.3, 0.4) is 0 Å². The van der Waals surface area contributed by atoms with Crippen LogP contribution in [-0.2, 0) is 6.54 Å². The van der Waals surface area contributed by atoms with Gasteiger partial charge in [0, 0.05) is 0 Å². The number of aromatic hydroxyl groups is 1. The Morgan fingerprint density at radius 3 is 2.78 bits per heavy atom. The fourth-order valence-electron chi connectivity index (χ4n) is 3.70. The van der Waals surface area contributed by atoms with Crippen molar-refractivity contribution in [1.29, 1.82) is 0 Å². The summed E-state index contributed by atoms with van der Waals surface area (Å²) in [5.41, 5.74) is 5.48. The summed E-state index contributed by atoms with van der Waals surface area (Å²) in [5, 5.41) is 15.7. The number of aromatic nitrogens is 1. The van der Waals surface area contributed by atoms with E-state index in [9.17, 15) is 19.0 Å². The molecule has 0 bridgehead atoms. The van der Waals surface area contributed by atoms with Crippen LogP contribution in [-0.4, -0.2) is 24.7 Å². The van der Waals surface area contributed by atoms with Crippen molar-refractivity contribution in [1.82, 2.24) is 4.68 Å². The van der Waals surface area contributed by atoms with Crippen molar-refractivity contribution >= 4 is 43.9 Å². The summed E-state index contributed by atoms with van der Waals surface area (Å²) in [6.45, 7) is 2.38. The van der Waals surface area contributed by atoms with Crippen LogP contribution in [0.2, 0.25) is 0 Å². The zero-order valence-corrected chi connectivity index (χ0v) is 18.6. The Morgan fingerprint density at radius 2 is 1.97 bits per heavy atom. The number of para-hydroxylation sites is 1. The first-order valence-corrected chi connectivity index (χ1v) is 12.1. The molecule has 0 radical (unpaired) electrons. The van der Waals surface area contributed by atoms with Gasteiger partial charge in [-0.25, -0.2) is 4.68 Å². The van der Waals surface area contributed by atoms with Crippen LogP contribution >= 0.6 is 22.1 Å². The lowest BCUT2D eigenvalue weighted by Crippen LogP contribution is -2.35. The lowest BCUT2D eigenvalue weighted by Gasteiger charge is -2.34. The third-order valence-electron chi connectivity index (χ3n) is 5.17. The Kier molecular flexibility index (Phi) is 4.94. The number of hydrogen-bond donors (Lipinski definition) is 5. The monoisotopic (exact) mass is 468 g/mol. The second-order valence-electron chi connectivity index (χ2n) is 7.40. The van der Waals surface area contributed by atoms with Crippen molar-refractivity contribution in [3.63, 3.8) is 0 Å². The van der Waals surface area contributed by atoms with Crippen molar-refractivity contribution in [3.8, 4) is 5.75 Å². The number of fused-ring (bicyclic) bond motifs is 2. The van der Waals surface area contributed by atoms with Gasteiger partial charge in [0.2, 0.25) is 0 Å². The van der Waals surface area contributed by atoms with Gasteiger partial charge in [-0.2, -0.15) is 0 Å². The van der Waals surface area contributed by atoms with Crippen molar-refractivity contribution in [2.24, 2.45) is 4.40 Å². The summed E-state index contributed by atoms with van der Waals surface area (Å²) < 4.78 is 27.0. The number of hydrogen-bond acceptors (Lipinski definition) is 8. The first-order valence-electron chi connectivity index (χ1n) is 9.74. The average Bonchev–Trinajstić information content (AvgIpc) is 3.23. The van der Waals surface area contributed by atoms with E-state index in [0.717, 1.165) is 11.1 Å². The van der Waals surface area contributed by atoms with Crippen LogP contribution in [0, 0.1) is 6.92 Å². The number of anilines is 1. The average molecular weight is 469 g/mol. The molecule has 3 heterocycles. The third kappa shape index (κ3) is 3.43. The summed E-state index contributed by atoms with van der Waals surface area (Å²) in [6, 6.07) is 16.3. The second kappa shape index (κ2) is 7.68. The highest BCUT2D eigenvalue weighted by Crippen LogP contribution is 2.55. The number of pyridine rings is 1. The van der Waals surface area contributed by atoms with Crippen LogP contribution in [0.25, 0.3) is 10.2 Å². The minimum Gasteiger partial charge on any atom is -0.505 e. The van der Waals surface area contributed by atoms with E-state index in [1.807, 2.05) is 31.2 Å². The molecule has 0 unspecified atom stereocenters. The van der Waals surface area contributed by atoms with Crippen LogP contribution in [0.1, 0.15) is 16.7 Å². The maximum absolute atomic E-state index is 13.5. The lowest BCUT2D eigenvalue weighted by molar-refractivity contribution is 0.479. The standard InChI is InChI=1S/C22H20N4O4S2/c1-13-5-4-6-14(11-13)12-23-26-16-9-10-31-20(16)19(27)18(22(26)28)21-24-15-7-2-3-8-17(15)32(29,30)25-21/h2-11,23,27,29-30H,12H2,1H3,(H,24,25). The predicted molar refractivity (Wildman–Crippen MR) is 130 cm³/mol. The Labute approximate surface area is 189 Å². The zero-order chi connectivity index (χ0) is 22.5. The van der Waals surface area contributed by atoms with E-state index in [1.54, 1.807) is 35.7 Å².